The van der Waals surface area contributed by atoms with Crippen molar-refractivity contribution in [3.05, 3.63) is 36.2 Å². The zero-order chi connectivity index (χ0) is 14.7. The molecule has 0 radical (unpaired) electrons. The molecule has 0 spiro atoms. The quantitative estimate of drug-likeness (QED) is 0.933. The van der Waals surface area contributed by atoms with Gasteiger partial charge >= 0.3 is 0 Å². The van der Waals surface area contributed by atoms with Crippen molar-refractivity contribution < 1.29 is 4.79 Å². The van der Waals surface area contributed by atoms with E-state index < -0.39 is 0 Å². The first-order valence-corrected chi connectivity index (χ1v) is 7.48. The maximum atomic E-state index is 12.8. The van der Waals surface area contributed by atoms with E-state index in [1.165, 1.54) is 0 Å². The molecule has 21 heavy (non-hydrogen) atoms. The second kappa shape index (κ2) is 6.18. The van der Waals surface area contributed by atoms with Crippen molar-refractivity contribution in [3.8, 4) is 0 Å². The van der Waals surface area contributed by atoms with Crippen LogP contribution < -0.4 is 5.73 Å². The minimum Gasteiger partial charge on any atom is -0.338 e. The fourth-order valence-corrected chi connectivity index (χ4v) is 3.06. The third-order valence-electron chi connectivity index (χ3n) is 4.11. The lowest BCUT2D eigenvalue weighted by atomic mass is 9.94. The van der Waals surface area contributed by atoms with Gasteiger partial charge in [-0.15, -0.1) is 0 Å². The van der Waals surface area contributed by atoms with Crippen molar-refractivity contribution >= 4 is 16.9 Å². The summed E-state index contributed by atoms with van der Waals surface area (Å²) in [5.74, 6) is 0.580. The van der Waals surface area contributed by atoms with Gasteiger partial charge in [-0.1, -0.05) is 6.07 Å². The molecule has 1 aliphatic heterocycles. The predicted molar refractivity (Wildman–Crippen MR) is 81.8 cm³/mol. The van der Waals surface area contributed by atoms with E-state index in [1.54, 1.807) is 12.4 Å². The molecule has 0 aliphatic carbocycles. The number of amides is 1. The number of piperidine rings is 1. The summed E-state index contributed by atoms with van der Waals surface area (Å²) in [5.41, 5.74) is 7.74. The lowest BCUT2D eigenvalue weighted by molar-refractivity contribution is 0.0671. The average Bonchev–Trinajstić information content (AvgIpc) is 2.54. The van der Waals surface area contributed by atoms with Gasteiger partial charge in [-0.25, -0.2) is 0 Å². The molecule has 2 N–H and O–H groups in total. The first kappa shape index (κ1) is 13.9. The average molecular weight is 284 g/mol. The molecular formula is C16H20N4O. The molecule has 1 amide bonds. The number of fused-ring (bicyclic) bond motifs is 1. The number of nitrogens with zero attached hydrogens (tertiary/aromatic N) is 3. The van der Waals surface area contributed by atoms with Crippen LogP contribution in [0.4, 0.5) is 0 Å². The van der Waals surface area contributed by atoms with Gasteiger partial charge in [0.1, 0.15) is 5.52 Å². The second-order valence-electron chi connectivity index (χ2n) is 5.57. The number of carbonyl (C=O) groups is 1. The van der Waals surface area contributed by atoms with Crippen LogP contribution in [0.5, 0.6) is 0 Å². The minimum atomic E-state index is 0.0582. The van der Waals surface area contributed by atoms with Gasteiger partial charge in [0.05, 0.1) is 11.1 Å². The van der Waals surface area contributed by atoms with Gasteiger partial charge < -0.3 is 10.6 Å². The number of hydrogen-bond acceptors (Lipinski definition) is 4. The van der Waals surface area contributed by atoms with E-state index in [1.807, 2.05) is 23.1 Å². The predicted octanol–water partition coefficient (Wildman–Crippen LogP) is 1.83. The van der Waals surface area contributed by atoms with Crippen molar-refractivity contribution in [1.82, 2.24) is 14.9 Å². The lowest BCUT2D eigenvalue weighted by Gasteiger charge is -2.32. The summed E-state index contributed by atoms with van der Waals surface area (Å²) in [5, 5.41) is 0. The van der Waals surface area contributed by atoms with Crippen molar-refractivity contribution in [2.45, 2.75) is 19.3 Å². The largest absolute Gasteiger partial charge is 0.338 e. The molecule has 2 heterocycles. The summed E-state index contributed by atoms with van der Waals surface area (Å²) in [4.78, 5) is 23.3. The number of hydrogen-bond donors (Lipinski definition) is 1. The summed E-state index contributed by atoms with van der Waals surface area (Å²) < 4.78 is 0. The van der Waals surface area contributed by atoms with Crippen LogP contribution in [0.1, 0.15) is 29.6 Å². The molecule has 2 aromatic rings. The van der Waals surface area contributed by atoms with E-state index in [0.29, 0.717) is 23.5 Å². The lowest BCUT2D eigenvalue weighted by Crippen LogP contribution is -2.40. The SMILES string of the molecule is NCCC1CCCN(C(=O)c2cccc3nccnc23)C1. The number of rotatable bonds is 3. The van der Waals surface area contributed by atoms with Gasteiger partial charge in [0, 0.05) is 25.5 Å². The third kappa shape index (κ3) is 2.88. The topological polar surface area (TPSA) is 72.1 Å². The van der Waals surface area contributed by atoms with Crippen LogP contribution in [0.3, 0.4) is 0 Å². The number of para-hydroxylation sites is 1. The molecule has 0 bridgehead atoms. The van der Waals surface area contributed by atoms with Gasteiger partial charge in [0.25, 0.3) is 5.91 Å². The molecule has 0 saturated carbocycles. The Morgan fingerprint density at radius 1 is 1.33 bits per heavy atom. The standard InChI is InChI=1S/C16H20N4O/c17-7-6-12-3-2-10-20(11-12)16(21)13-4-1-5-14-15(13)19-9-8-18-14/h1,4-5,8-9,12H,2-3,6-7,10-11,17H2. The Hall–Kier alpha value is -2.01. The summed E-state index contributed by atoms with van der Waals surface area (Å²) in [6, 6.07) is 5.59. The first-order chi connectivity index (χ1) is 10.3. The molecule has 1 aromatic heterocycles. The van der Waals surface area contributed by atoms with Crippen molar-refractivity contribution in [2.75, 3.05) is 19.6 Å². The highest BCUT2D eigenvalue weighted by atomic mass is 16.2. The molecule has 1 unspecified atom stereocenters. The van der Waals surface area contributed by atoms with E-state index in [-0.39, 0.29) is 5.91 Å². The zero-order valence-electron chi connectivity index (χ0n) is 12.0. The van der Waals surface area contributed by atoms with Crippen LogP contribution >= 0.6 is 0 Å². The maximum absolute atomic E-state index is 12.8. The molecule has 1 aromatic carbocycles. The summed E-state index contributed by atoms with van der Waals surface area (Å²) in [6.07, 6.45) is 6.48. The van der Waals surface area contributed by atoms with Crippen molar-refractivity contribution in [3.63, 3.8) is 0 Å². The van der Waals surface area contributed by atoms with E-state index in [0.717, 1.165) is 37.9 Å². The minimum absolute atomic E-state index is 0.0582. The molecule has 1 fully saturated rings. The highest BCUT2D eigenvalue weighted by Gasteiger charge is 2.25. The smallest absolute Gasteiger partial charge is 0.256 e. The highest BCUT2D eigenvalue weighted by Crippen LogP contribution is 2.22. The Balaban J connectivity index is 1.86. The van der Waals surface area contributed by atoms with Crippen LogP contribution in [0.25, 0.3) is 11.0 Å². The van der Waals surface area contributed by atoms with Gasteiger partial charge in [0.15, 0.2) is 0 Å². The normalized spacial score (nSPS) is 18.9. The summed E-state index contributed by atoms with van der Waals surface area (Å²) >= 11 is 0. The Labute approximate surface area is 124 Å². The van der Waals surface area contributed by atoms with Crippen LogP contribution in [0.2, 0.25) is 0 Å². The van der Waals surface area contributed by atoms with E-state index >= 15 is 0 Å². The molecular weight excluding hydrogens is 264 g/mol. The Kier molecular flexibility index (Phi) is 4.10. The number of aromatic nitrogens is 2. The van der Waals surface area contributed by atoms with E-state index in [4.69, 9.17) is 5.73 Å². The third-order valence-corrected chi connectivity index (χ3v) is 4.11. The Morgan fingerprint density at radius 3 is 3.05 bits per heavy atom. The first-order valence-electron chi connectivity index (χ1n) is 7.48. The number of nitrogens with two attached hydrogens (primary N) is 1. The summed E-state index contributed by atoms with van der Waals surface area (Å²) in [6.45, 7) is 2.30. The molecule has 1 saturated heterocycles. The molecule has 1 atom stereocenters. The van der Waals surface area contributed by atoms with Crippen LogP contribution in [-0.4, -0.2) is 40.4 Å². The zero-order valence-corrected chi connectivity index (χ0v) is 12.0. The summed E-state index contributed by atoms with van der Waals surface area (Å²) in [7, 11) is 0. The maximum Gasteiger partial charge on any atom is 0.256 e. The second-order valence-corrected chi connectivity index (χ2v) is 5.57. The number of likely N-dealkylation sites (tertiary alicyclic amines) is 1. The van der Waals surface area contributed by atoms with Crippen molar-refractivity contribution in [1.29, 1.82) is 0 Å². The molecule has 3 rings (SSSR count). The monoisotopic (exact) mass is 284 g/mol. The van der Waals surface area contributed by atoms with Gasteiger partial charge in [-0.2, -0.15) is 0 Å². The van der Waals surface area contributed by atoms with Gasteiger partial charge in [-0.3, -0.25) is 14.8 Å². The molecule has 1 aliphatic rings. The van der Waals surface area contributed by atoms with Crippen LogP contribution in [-0.2, 0) is 0 Å². The van der Waals surface area contributed by atoms with E-state index in [2.05, 4.69) is 9.97 Å². The van der Waals surface area contributed by atoms with E-state index in [9.17, 15) is 4.79 Å². The Bertz CT molecular complexity index is 636. The number of carbonyl (C=O) groups excluding carboxylic acids is 1. The van der Waals surface area contributed by atoms with Gasteiger partial charge in [0.2, 0.25) is 0 Å². The number of benzene rings is 1. The Morgan fingerprint density at radius 2 is 2.19 bits per heavy atom. The highest BCUT2D eigenvalue weighted by molar-refractivity contribution is 6.04. The van der Waals surface area contributed by atoms with Crippen LogP contribution in [0, 0.1) is 5.92 Å². The fraction of sp³-hybridized carbons (Fsp3) is 0.438. The van der Waals surface area contributed by atoms with Crippen molar-refractivity contribution in [2.24, 2.45) is 11.7 Å². The van der Waals surface area contributed by atoms with Gasteiger partial charge in [-0.05, 0) is 43.9 Å². The fourth-order valence-electron chi connectivity index (χ4n) is 3.06. The molecule has 5 heteroatoms. The molecule has 5 nitrogen and oxygen atoms in total. The van der Waals surface area contributed by atoms with Crippen LogP contribution in [0.15, 0.2) is 30.6 Å². The molecule has 110 valence electrons.